The van der Waals surface area contributed by atoms with E-state index in [0.717, 1.165) is 38.0 Å². The summed E-state index contributed by atoms with van der Waals surface area (Å²) in [6.45, 7) is 3.53. The fourth-order valence-corrected chi connectivity index (χ4v) is 2.61. The van der Waals surface area contributed by atoms with Crippen molar-refractivity contribution < 1.29 is 19.4 Å². The van der Waals surface area contributed by atoms with Crippen molar-refractivity contribution in [1.82, 2.24) is 0 Å². The van der Waals surface area contributed by atoms with E-state index in [1.807, 2.05) is 6.92 Å². The van der Waals surface area contributed by atoms with Gasteiger partial charge in [-0.3, -0.25) is 0 Å². The molecule has 0 spiro atoms. The molecule has 1 fully saturated rings. The number of rotatable bonds is 6. The van der Waals surface area contributed by atoms with E-state index in [0.29, 0.717) is 18.6 Å². The molecule has 0 bridgehead atoms. The van der Waals surface area contributed by atoms with Crippen LogP contribution in [0.2, 0.25) is 0 Å². The molecule has 110 valence electrons. The first kappa shape index (κ1) is 14.9. The third-order valence-corrected chi connectivity index (χ3v) is 3.78. The third kappa shape index (κ3) is 4.23. The van der Waals surface area contributed by atoms with Gasteiger partial charge in [0.15, 0.2) is 0 Å². The van der Waals surface area contributed by atoms with Crippen molar-refractivity contribution in [3.05, 3.63) is 29.8 Å². The predicted molar refractivity (Wildman–Crippen MR) is 76.3 cm³/mol. The van der Waals surface area contributed by atoms with Crippen molar-refractivity contribution >= 4 is 5.97 Å². The average Bonchev–Trinajstić information content (AvgIpc) is 2.47. The smallest absolute Gasteiger partial charge is 0.335 e. The maximum absolute atomic E-state index is 10.7. The molecule has 0 unspecified atom stereocenters. The average molecular weight is 278 g/mol. The Labute approximate surface area is 119 Å². The minimum Gasteiger partial charge on any atom is -0.493 e. The molecule has 0 aromatic heterocycles. The maximum atomic E-state index is 10.7. The summed E-state index contributed by atoms with van der Waals surface area (Å²) in [5.41, 5.74) is 0.287. The van der Waals surface area contributed by atoms with Crippen molar-refractivity contribution in [1.29, 1.82) is 0 Å². The Kier molecular flexibility index (Phi) is 5.41. The second kappa shape index (κ2) is 7.29. The number of hydrogen-bond donors (Lipinski definition) is 1. The van der Waals surface area contributed by atoms with Crippen molar-refractivity contribution in [2.45, 2.75) is 38.7 Å². The number of hydrogen-bond acceptors (Lipinski definition) is 3. The first-order valence-corrected chi connectivity index (χ1v) is 7.26. The largest absolute Gasteiger partial charge is 0.493 e. The molecular weight excluding hydrogens is 256 g/mol. The van der Waals surface area contributed by atoms with Crippen LogP contribution in [-0.2, 0) is 4.74 Å². The summed E-state index contributed by atoms with van der Waals surface area (Å²) in [4.78, 5) is 10.7. The number of benzene rings is 1. The quantitative estimate of drug-likeness (QED) is 0.867. The van der Waals surface area contributed by atoms with Crippen LogP contribution in [0.3, 0.4) is 0 Å². The Balaban J connectivity index is 1.74. The number of carboxylic acids is 1. The summed E-state index contributed by atoms with van der Waals surface area (Å²) in [7, 11) is 0. The minimum absolute atomic E-state index is 0.287. The zero-order chi connectivity index (χ0) is 14.4. The van der Waals surface area contributed by atoms with Gasteiger partial charge in [0.1, 0.15) is 5.75 Å². The van der Waals surface area contributed by atoms with E-state index in [-0.39, 0.29) is 5.56 Å². The lowest BCUT2D eigenvalue weighted by Gasteiger charge is -2.28. The Bertz CT molecular complexity index is 419. The van der Waals surface area contributed by atoms with E-state index in [9.17, 15) is 4.79 Å². The first-order valence-electron chi connectivity index (χ1n) is 7.26. The summed E-state index contributed by atoms with van der Waals surface area (Å²) >= 11 is 0. The van der Waals surface area contributed by atoms with Crippen LogP contribution in [0.25, 0.3) is 0 Å². The molecular formula is C16H22O4. The van der Waals surface area contributed by atoms with Gasteiger partial charge >= 0.3 is 5.97 Å². The van der Waals surface area contributed by atoms with E-state index in [2.05, 4.69) is 0 Å². The summed E-state index contributed by atoms with van der Waals surface area (Å²) in [6, 6.07) is 6.58. The molecule has 1 saturated carbocycles. The molecule has 0 heterocycles. The van der Waals surface area contributed by atoms with Gasteiger partial charge in [0.25, 0.3) is 0 Å². The molecule has 0 atom stereocenters. The topological polar surface area (TPSA) is 55.8 Å². The minimum atomic E-state index is -0.911. The van der Waals surface area contributed by atoms with Crippen molar-refractivity contribution in [2.24, 2.45) is 5.92 Å². The van der Waals surface area contributed by atoms with Gasteiger partial charge in [-0.15, -0.1) is 0 Å². The van der Waals surface area contributed by atoms with Gasteiger partial charge in [-0.25, -0.2) is 4.79 Å². The Morgan fingerprint density at radius 3 is 2.40 bits per heavy atom. The molecule has 0 amide bonds. The molecule has 0 saturated heterocycles. The predicted octanol–water partition coefficient (Wildman–Crippen LogP) is 3.36. The van der Waals surface area contributed by atoms with Crippen molar-refractivity contribution in [3.63, 3.8) is 0 Å². The molecule has 1 aromatic rings. The molecule has 4 nitrogen and oxygen atoms in total. The van der Waals surface area contributed by atoms with Crippen LogP contribution in [-0.4, -0.2) is 30.4 Å². The van der Waals surface area contributed by atoms with E-state index in [1.165, 1.54) is 0 Å². The standard InChI is InChI=1S/C16H22O4/c1-2-19-14-7-3-12(4-8-14)11-20-15-9-5-13(6-10-15)16(17)18/h5-6,9-10,12,14H,2-4,7-8,11H2,1H3,(H,17,18). The lowest BCUT2D eigenvalue weighted by molar-refractivity contribution is 0.0199. The van der Waals surface area contributed by atoms with Gasteiger partial charge in [0.2, 0.25) is 0 Å². The highest BCUT2D eigenvalue weighted by atomic mass is 16.5. The lowest BCUT2D eigenvalue weighted by atomic mass is 9.88. The molecule has 0 radical (unpaired) electrons. The Morgan fingerprint density at radius 1 is 1.20 bits per heavy atom. The first-order chi connectivity index (χ1) is 9.69. The Morgan fingerprint density at radius 2 is 1.85 bits per heavy atom. The summed E-state index contributed by atoms with van der Waals surface area (Å²) in [5.74, 6) is 0.401. The second-order valence-electron chi connectivity index (χ2n) is 5.24. The highest BCUT2D eigenvalue weighted by Crippen LogP contribution is 2.27. The molecule has 1 aliphatic carbocycles. The van der Waals surface area contributed by atoms with Crippen LogP contribution in [0.1, 0.15) is 43.0 Å². The SMILES string of the molecule is CCOC1CCC(COc2ccc(C(=O)O)cc2)CC1. The zero-order valence-corrected chi connectivity index (χ0v) is 11.9. The summed E-state index contributed by atoms with van der Waals surface area (Å²) < 4.78 is 11.4. The number of carboxylic acid groups (broad SMARTS) is 1. The van der Waals surface area contributed by atoms with E-state index >= 15 is 0 Å². The molecule has 1 aliphatic rings. The molecule has 2 rings (SSSR count). The van der Waals surface area contributed by atoms with Crippen LogP contribution in [0.4, 0.5) is 0 Å². The summed E-state index contributed by atoms with van der Waals surface area (Å²) in [5, 5.41) is 8.83. The molecule has 1 aromatic carbocycles. The molecule has 20 heavy (non-hydrogen) atoms. The third-order valence-electron chi connectivity index (χ3n) is 3.78. The van der Waals surface area contributed by atoms with Gasteiger partial charge in [-0.2, -0.15) is 0 Å². The second-order valence-corrected chi connectivity index (χ2v) is 5.24. The van der Waals surface area contributed by atoms with Gasteiger partial charge in [0, 0.05) is 6.61 Å². The van der Waals surface area contributed by atoms with Gasteiger partial charge < -0.3 is 14.6 Å². The van der Waals surface area contributed by atoms with Gasteiger partial charge in [0.05, 0.1) is 18.3 Å². The van der Waals surface area contributed by atoms with Crippen molar-refractivity contribution in [3.8, 4) is 5.75 Å². The highest BCUT2D eigenvalue weighted by Gasteiger charge is 2.21. The van der Waals surface area contributed by atoms with Crippen LogP contribution >= 0.6 is 0 Å². The number of aromatic carboxylic acids is 1. The van der Waals surface area contributed by atoms with E-state index in [1.54, 1.807) is 24.3 Å². The van der Waals surface area contributed by atoms with Crippen LogP contribution in [0.15, 0.2) is 24.3 Å². The normalized spacial score (nSPS) is 22.4. The van der Waals surface area contributed by atoms with E-state index < -0.39 is 5.97 Å². The van der Waals surface area contributed by atoms with Gasteiger partial charge in [-0.1, -0.05) is 0 Å². The highest BCUT2D eigenvalue weighted by molar-refractivity contribution is 5.87. The molecule has 4 heteroatoms. The van der Waals surface area contributed by atoms with E-state index in [4.69, 9.17) is 14.6 Å². The lowest BCUT2D eigenvalue weighted by Crippen LogP contribution is -2.25. The number of ether oxygens (including phenoxy) is 2. The van der Waals surface area contributed by atoms with Gasteiger partial charge in [-0.05, 0) is 62.8 Å². The maximum Gasteiger partial charge on any atom is 0.335 e. The monoisotopic (exact) mass is 278 g/mol. The Hall–Kier alpha value is -1.55. The fourth-order valence-electron chi connectivity index (χ4n) is 2.61. The van der Waals surface area contributed by atoms with Crippen LogP contribution < -0.4 is 4.74 Å². The molecule has 0 aliphatic heterocycles. The van der Waals surface area contributed by atoms with Crippen molar-refractivity contribution in [2.75, 3.05) is 13.2 Å². The summed E-state index contributed by atoms with van der Waals surface area (Å²) in [6.07, 6.45) is 4.92. The molecule has 1 N–H and O–H groups in total. The van der Waals surface area contributed by atoms with Crippen LogP contribution in [0, 0.1) is 5.92 Å². The fraction of sp³-hybridized carbons (Fsp3) is 0.562. The van der Waals surface area contributed by atoms with Crippen LogP contribution in [0.5, 0.6) is 5.75 Å². The zero-order valence-electron chi connectivity index (χ0n) is 11.9. The number of carbonyl (C=O) groups is 1.